The van der Waals surface area contributed by atoms with Gasteiger partial charge in [0.1, 0.15) is 5.82 Å². The molecule has 20 heavy (non-hydrogen) atoms. The SMILES string of the molecule is Cc1cnc(NCc2cccnc2N2CCOCC2)s1. The Hall–Kier alpha value is -1.66. The number of aromatic nitrogens is 2. The topological polar surface area (TPSA) is 50.3 Å². The van der Waals surface area contributed by atoms with Crippen LogP contribution in [0.4, 0.5) is 10.9 Å². The van der Waals surface area contributed by atoms with E-state index in [-0.39, 0.29) is 0 Å². The molecule has 1 aliphatic rings. The minimum atomic E-state index is 0.744. The summed E-state index contributed by atoms with van der Waals surface area (Å²) in [5.41, 5.74) is 1.20. The van der Waals surface area contributed by atoms with Crippen LogP contribution in [-0.4, -0.2) is 36.3 Å². The fourth-order valence-corrected chi connectivity index (χ4v) is 2.90. The molecule has 3 rings (SSSR count). The zero-order chi connectivity index (χ0) is 13.8. The number of morpholine rings is 1. The van der Waals surface area contributed by atoms with E-state index in [0.29, 0.717) is 0 Å². The highest BCUT2D eigenvalue weighted by atomic mass is 32.1. The lowest BCUT2D eigenvalue weighted by Gasteiger charge is -2.29. The van der Waals surface area contributed by atoms with Gasteiger partial charge in [0.15, 0.2) is 5.13 Å². The third kappa shape index (κ3) is 3.08. The molecule has 2 aromatic rings. The zero-order valence-corrected chi connectivity index (χ0v) is 12.3. The van der Waals surface area contributed by atoms with E-state index in [9.17, 15) is 0 Å². The van der Waals surface area contributed by atoms with Crippen molar-refractivity contribution < 1.29 is 4.74 Å². The van der Waals surface area contributed by atoms with E-state index in [0.717, 1.165) is 43.8 Å². The first kappa shape index (κ1) is 13.3. The Morgan fingerprint density at radius 1 is 1.35 bits per heavy atom. The average molecular weight is 290 g/mol. The van der Waals surface area contributed by atoms with Crippen LogP contribution in [-0.2, 0) is 11.3 Å². The average Bonchev–Trinajstić information content (AvgIpc) is 2.92. The summed E-state index contributed by atoms with van der Waals surface area (Å²) in [6.07, 6.45) is 3.74. The van der Waals surface area contributed by atoms with Crippen LogP contribution in [0, 0.1) is 6.92 Å². The first-order valence-electron chi connectivity index (χ1n) is 6.76. The van der Waals surface area contributed by atoms with Crippen molar-refractivity contribution in [3.05, 3.63) is 35.0 Å². The molecule has 0 aliphatic carbocycles. The van der Waals surface area contributed by atoms with Gasteiger partial charge in [-0.05, 0) is 13.0 Å². The summed E-state index contributed by atoms with van der Waals surface area (Å²) in [5.74, 6) is 1.05. The van der Waals surface area contributed by atoms with E-state index in [1.165, 1.54) is 10.4 Å². The van der Waals surface area contributed by atoms with Gasteiger partial charge in [0.2, 0.25) is 0 Å². The number of nitrogens with zero attached hydrogens (tertiary/aromatic N) is 3. The largest absolute Gasteiger partial charge is 0.378 e. The number of hydrogen-bond acceptors (Lipinski definition) is 6. The van der Waals surface area contributed by atoms with Crippen molar-refractivity contribution in [3.63, 3.8) is 0 Å². The number of rotatable bonds is 4. The Kier molecular flexibility index (Phi) is 4.13. The molecule has 0 saturated carbocycles. The quantitative estimate of drug-likeness (QED) is 0.936. The van der Waals surface area contributed by atoms with Crippen LogP contribution in [0.15, 0.2) is 24.5 Å². The summed E-state index contributed by atoms with van der Waals surface area (Å²) in [6.45, 7) is 6.16. The second kappa shape index (κ2) is 6.19. The summed E-state index contributed by atoms with van der Waals surface area (Å²) in [5, 5.41) is 4.33. The van der Waals surface area contributed by atoms with Crippen LogP contribution in [0.2, 0.25) is 0 Å². The van der Waals surface area contributed by atoms with Gasteiger partial charge in [0, 0.05) is 42.5 Å². The number of ether oxygens (including phenoxy) is 1. The van der Waals surface area contributed by atoms with Gasteiger partial charge in [0.25, 0.3) is 0 Å². The van der Waals surface area contributed by atoms with E-state index >= 15 is 0 Å². The molecule has 2 aromatic heterocycles. The number of nitrogens with one attached hydrogen (secondary N) is 1. The summed E-state index contributed by atoms with van der Waals surface area (Å²) in [6, 6.07) is 4.10. The number of thiazole rings is 1. The van der Waals surface area contributed by atoms with Crippen LogP contribution in [0.5, 0.6) is 0 Å². The number of hydrogen-bond donors (Lipinski definition) is 1. The molecule has 1 N–H and O–H groups in total. The predicted molar refractivity (Wildman–Crippen MR) is 81.4 cm³/mol. The molecule has 5 nitrogen and oxygen atoms in total. The minimum absolute atomic E-state index is 0.744. The molecule has 1 fully saturated rings. The van der Waals surface area contributed by atoms with Crippen molar-refractivity contribution in [2.75, 3.05) is 36.5 Å². The van der Waals surface area contributed by atoms with Gasteiger partial charge in [-0.1, -0.05) is 6.07 Å². The molecule has 6 heteroatoms. The molecule has 106 valence electrons. The molecule has 0 radical (unpaired) electrons. The summed E-state index contributed by atoms with van der Waals surface area (Å²) in [4.78, 5) is 12.4. The monoisotopic (exact) mass is 290 g/mol. The van der Waals surface area contributed by atoms with Crippen molar-refractivity contribution >= 4 is 22.3 Å². The molecule has 0 atom stereocenters. The first-order chi connectivity index (χ1) is 9.83. The van der Waals surface area contributed by atoms with E-state index in [4.69, 9.17) is 4.74 Å². The molecule has 0 bridgehead atoms. The Labute approximate surface area is 122 Å². The Morgan fingerprint density at radius 3 is 2.95 bits per heavy atom. The van der Waals surface area contributed by atoms with E-state index in [1.807, 2.05) is 18.5 Å². The predicted octanol–water partition coefficient (Wildman–Crippen LogP) is 2.30. The van der Waals surface area contributed by atoms with Crippen molar-refractivity contribution in [3.8, 4) is 0 Å². The maximum Gasteiger partial charge on any atom is 0.183 e. The molecule has 1 aliphatic heterocycles. The van der Waals surface area contributed by atoms with E-state index < -0.39 is 0 Å². The summed E-state index contributed by atoms with van der Waals surface area (Å²) >= 11 is 1.67. The lowest BCUT2D eigenvalue weighted by Crippen LogP contribution is -2.37. The van der Waals surface area contributed by atoms with Gasteiger partial charge < -0.3 is 15.0 Å². The standard InChI is InChI=1S/C14H18N4OS/c1-11-9-16-14(20-11)17-10-12-3-2-4-15-13(12)18-5-7-19-8-6-18/h2-4,9H,5-8,10H2,1H3,(H,16,17). The third-order valence-electron chi connectivity index (χ3n) is 3.23. The molecule has 0 aromatic carbocycles. The van der Waals surface area contributed by atoms with E-state index in [1.54, 1.807) is 11.3 Å². The van der Waals surface area contributed by atoms with Crippen LogP contribution in [0.3, 0.4) is 0 Å². The van der Waals surface area contributed by atoms with Crippen LogP contribution in [0.1, 0.15) is 10.4 Å². The number of pyridine rings is 1. The maximum absolute atomic E-state index is 5.40. The Morgan fingerprint density at radius 2 is 2.20 bits per heavy atom. The second-order valence-corrected chi connectivity index (χ2v) is 5.95. The molecule has 0 spiro atoms. The van der Waals surface area contributed by atoms with Crippen LogP contribution >= 0.6 is 11.3 Å². The molecular formula is C14H18N4OS. The molecule has 0 unspecified atom stereocenters. The number of anilines is 2. The summed E-state index contributed by atoms with van der Waals surface area (Å²) in [7, 11) is 0. The lowest BCUT2D eigenvalue weighted by atomic mass is 10.2. The van der Waals surface area contributed by atoms with Gasteiger partial charge in [-0.2, -0.15) is 0 Å². The smallest absolute Gasteiger partial charge is 0.183 e. The van der Waals surface area contributed by atoms with Gasteiger partial charge in [-0.3, -0.25) is 0 Å². The van der Waals surface area contributed by atoms with Crippen LogP contribution in [0.25, 0.3) is 0 Å². The fraction of sp³-hybridized carbons (Fsp3) is 0.429. The molecule has 3 heterocycles. The molecule has 0 amide bonds. The Balaban J connectivity index is 1.72. The normalized spacial score (nSPS) is 15.3. The van der Waals surface area contributed by atoms with Crippen molar-refractivity contribution in [1.82, 2.24) is 9.97 Å². The first-order valence-corrected chi connectivity index (χ1v) is 7.57. The highest BCUT2D eigenvalue weighted by Gasteiger charge is 2.15. The molecule has 1 saturated heterocycles. The van der Waals surface area contributed by atoms with Crippen molar-refractivity contribution in [2.24, 2.45) is 0 Å². The summed E-state index contributed by atoms with van der Waals surface area (Å²) < 4.78 is 5.40. The highest BCUT2D eigenvalue weighted by Crippen LogP contribution is 2.21. The van der Waals surface area contributed by atoms with E-state index in [2.05, 4.69) is 33.2 Å². The second-order valence-electron chi connectivity index (χ2n) is 4.72. The Bertz CT molecular complexity index is 566. The van der Waals surface area contributed by atoms with Crippen molar-refractivity contribution in [1.29, 1.82) is 0 Å². The van der Waals surface area contributed by atoms with Crippen LogP contribution < -0.4 is 10.2 Å². The molecular weight excluding hydrogens is 272 g/mol. The minimum Gasteiger partial charge on any atom is -0.378 e. The number of aryl methyl sites for hydroxylation is 1. The van der Waals surface area contributed by atoms with Gasteiger partial charge >= 0.3 is 0 Å². The van der Waals surface area contributed by atoms with Crippen molar-refractivity contribution in [2.45, 2.75) is 13.5 Å². The van der Waals surface area contributed by atoms with Gasteiger partial charge in [0.05, 0.1) is 13.2 Å². The highest BCUT2D eigenvalue weighted by molar-refractivity contribution is 7.15. The van der Waals surface area contributed by atoms with Gasteiger partial charge in [-0.15, -0.1) is 11.3 Å². The maximum atomic E-state index is 5.40. The van der Waals surface area contributed by atoms with Gasteiger partial charge in [-0.25, -0.2) is 9.97 Å². The fourth-order valence-electron chi connectivity index (χ4n) is 2.24. The lowest BCUT2D eigenvalue weighted by molar-refractivity contribution is 0.122. The third-order valence-corrected chi connectivity index (χ3v) is 4.10. The zero-order valence-electron chi connectivity index (χ0n) is 11.5.